The van der Waals surface area contributed by atoms with Gasteiger partial charge >= 0.3 is 0 Å². The number of nitrogens with zero attached hydrogens (tertiary/aromatic N) is 1. The molecule has 1 rings (SSSR count). The Balaban J connectivity index is 3.14. The third-order valence-electron chi connectivity index (χ3n) is 1.98. The zero-order chi connectivity index (χ0) is 10.7. The van der Waals surface area contributed by atoms with Gasteiger partial charge in [-0.25, -0.2) is 0 Å². The Morgan fingerprint density at radius 1 is 1.57 bits per heavy atom. The maximum absolute atomic E-state index is 11.6. The van der Waals surface area contributed by atoms with Crippen molar-refractivity contribution in [3.63, 3.8) is 0 Å². The number of carbonyl (C=O) groups is 1. The number of rotatable bonds is 2. The van der Waals surface area contributed by atoms with E-state index in [2.05, 4.69) is 0 Å². The third kappa shape index (κ3) is 2.12. The minimum atomic E-state index is -0.526. The number of ketones is 1. The second-order valence-electron chi connectivity index (χ2n) is 3.12. The van der Waals surface area contributed by atoms with Gasteiger partial charge in [0.05, 0.1) is 17.0 Å². The molecule has 0 saturated heterocycles. The molecule has 1 aromatic rings. The van der Waals surface area contributed by atoms with Crippen molar-refractivity contribution in [1.29, 1.82) is 5.26 Å². The minimum absolute atomic E-state index is 0.103. The van der Waals surface area contributed by atoms with Crippen LogP contribution in [0, 0.1) is 18.3 Å². The highest BCUT2D eigenvalue weighted by Crippen LogP contribution is 2.14. The van der Waals surface area contributed by atoms with Gasteiger partial charge in [0.1, 0.15) is 0 Å². The molecule has 1 unspecified atom stereocenters. The van der Waals surface area contributed by atoms with E-state index in [9.17, 15) is 4.79 Å². The number of aryl methyl sites for hydroxylation is 1. The molecule has 14 heavy (non-hydrogen) atoms. The second-order valence-corrected chi connectivity index (χ2v) is 3.78. The highest BCUT2D eigenvalue weighted by Gasteiger charge is 2.14. The molecule has 0 saturated carbocycles. The largest absolute Gasteiger partial charge is 0.293 e. The summed E-state index contributed by atoms with van der Waals surface area (Å²) >= 11 is 5.69. The average molecular weight is 208 g/mol. The molecule has 1 aromatic carbocycles. The summed E-state index contributed by atoms with van der Waals surface area (Å²) in [6.45, 7) is 3.44. The molecule has 0 aliphatic rings. The maximum atomic E-state index is 11.6. The molecule has 0 aromatic heterocycles. The molecule has 0 spiro atoms. The van der Waals surface area contributed by atoms with E-state index < -0.39 is 5.38 Å². The SMILES string of the molecule is Cc1cc(C#N)ccc1C(=O)C(C)Cl. The number of alkyl halides is 1. The summed E-state index contributed by atoms with van der Waals surface area (Å²) in [5.41, 5.74) is 1.94. The minimum Gasteiger partial charge on any atom is -0.293 e. The van der Waals surface area contributed by atoms with Crippen LogP contribution in [0.4, 0.5) is 0 Å². The number of Topliss-reactive ketones (excluding diaryl/α,β-unsaturated/α-hetero) is 1. The molecule has 0 bridgehead atoms. The first-order valence-electron chi connectivity index (χ1n) is 4.25. The number of hydrogen-bond acceptors (Lipinski definition) is 2. The fraction of sp³-hybridized carbons (Fsp3) is 0.273. The summed E-state index contributed by atoms with van der Waals surface area (Å²) in [6, 6.07) is 6.98. The van der Waals surface area contributed by atoms with Crippen LogP contribution in [0.5, 0.6) is 0 Å². The highest BCUT2D eigenvalue weighted by molar-refractivity contribution is 6.33. The Hall–Kier alpha value is -1.33. The Labute approximate surface area is 88.1 Å². The van der Waals surface area contributed by atoms with Crippen LogP contribution in [0.2, 0.25) is 0 Å². The van der Waals surface area contributed by atoms with Crippen LogP contribution >= 0.6 is 11.6 Å². The number of hydrogen-bond donors (Lipinski definition) is 0. The average Bonchev–Trinajstić information content (AvgIpc) is 2.16. The van der Waals surface area contributed by atoms with E-state index in [1.165, 1.54) is 0 Å². The molecule has 3 heteroatoms. The smallest absolute Gasteiger partial charge is 0.180 e. The Bertz CT molecular complexity index is 404. The molecular weight excluding hydrogens is 198 g/mol. The number of halogens is 1. The van der Waals surface area contributed by atoms with E-state index in [1.54, 1.807) is 32.0 Å². The molecule has 0 aliphatic heterocycles. The monoisotopic (exact) mass is 207 g/mol. The lowest BCUT2D eigenvalue weighted by Crippen LogP contribution is -2.12. The second kappa shape index (κ2) is 4.26. The molecule has 1 atom stereocenters. The Morgan fingerprint density at radius 2 is 2.21 bits per heavy atom. The first-order chi connectivity index (χ1) is 6.56. The molecule has 0 amide bonds. The number of carbonyl (C=O) groups excluding carboxylic acids is 1. The third-order valence-corrected chi connectivity index (χ3v) is 2.18. The van der Waals surface area contributed by atoms with Crippen molar-refractivity contribution in [3.05, 3.63) is 34.9 Å². The van der Waals surface area contributed by atoms with E-state index in [0.29, 0.717) is 11.1 Å². The molecule has 72 valence electrons. The standard InChI is InChI=1S/C11H10ClNO/c1-7-5-9(6-13)3-4-10(7)11(14)8(2)12/h3-5,8H,1-2H3. The van der Waals surface area contributed by atoms with Crippen molar-refractivity contribution in [2.45, 2.75) is 19.2 Å². The van der Waals surface area contributed by atoms with Crippen LogP contribution in [-0.4, -0.2) is 11.2 Å². The summed E-state index contributed by atoms with van der Waals surface area (Å²) in [7, 11) is 0. The van der Waals surface area contributed by atoms with Gasteiger partial charge in [0.2, 0.25) is 0 Å². The molecule has 0 radical (unpaired) electrons. The molecular formula is C11H10ClNO. The summed E-state index contributed by atoms with van der Waals surface area (Å²) in [5, 5.41) is 8.11. The van der Waals surface area contributed by atoms with Gasteiger partial charge in [0.15, 0.2) is 5.78 Å². The molecule has 0 N–H and O–H groups in total. The summed E-state index contributed by atoms with van der Waals surface area (Å²) in [4.78, 5) is 11.6. The predicted molar refractivity (Wildman–Crippen MR) is 55.5 cm³/mol. The van der Waals surface area contributed by atoms with E-state index in [-0.39, 0.29) is 5.78 Å². The lowest BCUT2D eigenvalue weighted by atomic mass is 10.0. The Morgan fingerprint density at radius 3 is 2.64 bits per heavy atom. The first-order valence-corrected chi connectivity index (χ1v) is 4.69. The van der Waals surface area contributed by atoms with E-state index in [1.807, 2.05) is 6.07 Å². The topological polar surface area (TPSA) is 40.9 Å². The molecule has 2 nitrogen and oxygen atoms in total. The van der Waals surface area contributed by atoms with Crippen LogP contribution in [-0.2, 0) is 0 Å². The quantitative estimate of drug-likeness (QED) is 0.553. The van der Waals surface area contributed by atoms with Gasteiger partial charge in [-0.15, -0.1) is 11.6 Å². The van der Waals surface area contributed by atoms with Gasteiger partial charge in [-0.05, 0) is 37.6 Å². The fourth-order valence-electron chi connectivity index (χ4n) is 1.22. The predicted octanol–water partition coefficient (Wildman–Crippen LogP) is 2.68. The van der Waals surface area contributed by atoms with Crippen molar-refractivity contribution in [2.75, 3.05) is 0 Å². The van der Waals surface area contributed by atoms with Crippen molar-refractivity contribution in [2.24, 2.45) is 0 Å². The lowest BCUT2D eigenvalue weighted by Gasteiger charge is -2.06. The van der Waals surface area contributed by atoms with Crippen LogP contribution in [0.25, 0.3) is 0 Å². The molecule has 0 heterocycles. The van der Waals surface area contributed by atoms with Crippen LogP contribution in [0.1, 0.15) is 28.4 Å². The van der Waals surface area contributed by atoms with Gasteiger partial charge in [-0.2, -0.15) is 5.26 Å². The zero-order valence-corrected chi connectivity index (χ0v) is 8.80. The molecule has 0 aliphatic carbocycles. The first kappa shape index (κ1) is 10.7. The van der Waals surface area contributed by atoms with Crippen molar-refractivity contribution in [3.8, 4) is 6.07 Å². The van der Waals surface area contributed by atoms with Gasteiger partial charge in [-0.3, -0.25) is 4.79 Å². The van der Waals surface area contributed by atoms with Gasteiger partial charge in [-0.1, -0.05) is 0 Å². The number of benzene rings is 1. The Kier molecular flexibility index (Phi) is 3.27. The van der Waals surface area contributed by atoms with E-state index >= 15 is 0 Å². The normalized spacial score (nSPS) is 11.9. The van der Waals surface area contributed by atoms with E-state index in [4.69, 9.17) is 16.9 Å². The summed E-state index contributed by atoms with van der Waals surface area (Å²) < 4.78 is 0. The lowest BCUT2D eigenvalue weighted by molar-refractivity contribution is 0.0991. The van der Waals surface area contributed by atoms with Crippen molar-refractivity contribution >= 4 is 17.4 Å². The summed E-state index contributed by atoms with van der Waals surface area (Å²) in [5.74, 6) is -0.103. The maximum Gasteiger partial charge on any atom is 0.180 e. The fourth-order valence-corrected chi connectivity index (χ4v) is 1.34. The molecule has 0 fully saturated rings. The van der Waals surface area contributed by atoms with Gasteiger partial charge < -0.3 is 0 Å². The van der Waals surface area contributed by atoms with Crippen LogP contribution in [0.3, 0.4) is 0 Å². The summed E-state index contributed by atoms with van der Waals surface area (Å²) in [6.07, 6.45) is 0. The van der Waals surface area contributed by atoms with E-state index in [0.717, 1.165) is 5.56 Å². The highest BCUT2D eigenvalue weighted by atomic mass is 35.5. The van der Waals surface area contributed by atoms with Gasteiger partial charge in [0.25, 0.3) is 0 Å². The zero-order valence-electron chi connectivity index (χ0n) is 8.04. The van der Waals surface area contributed by atoms with Crippen molar-refractivity contribution in [1.82, 2.24) is 0 Å². The van der Waals surface area contributed by atoms with Crippen LogP contribution < -0.4 is 0 Å². The van der Waals surface area contributed by atoms with Crippen molar-refractivity contribution < 1.29 is 4.79 Å². The van der Waals surface area contributed by atoms with Crippen LogP contribution in [0.15, 0.2) is 18.2 Å². The van der Waals surface area contributed by atoms with Gasteiger partial charge in [0, 0.05) is 5.56 Å². The number of nitriles is 1.